The van der Waals surface area contributed by atoms with Gasteiger partial charge in [0.15, 0.2) is 5.58 Å². The van der Waals surface area contributed by atoms with Gasteiger partial charge in [-0.1, -0.05) is 12.1 Å². The maximum absolute atomic E-state index is 12.8. The normalized spacial score (nSPS) is 14.4. The van der Waals surface area contributed by atoms with E-state index < -0.39 is 5.76 Å². The standard InChI is InChI=1S/C22H22N6O3/c1-16-23-19(25-8-4-5-9-25)14-20(24-16)26-10-12-27(13-11-26)21(29)15-28-17-6-2-3-7-18(17)31-22(28)30/h2-9,14H,10-13,15H2,1H3. The van der Waals surface area contributed by atoms with Crippen LogP contribution in [0.1, 0.15) is 5.82 Å². The first-order valence-corrected chi connectivity index (χ1v) is 10.2. The number of benzene rings is 1. The van der Waals surface area contributed by atoms with E-state index in [-0.39, 0.29) is 12.5 Å². The zero-order valence-corrected chi connectivity index (χ0v) is 17.1. The molecule has 0 atom stereocenters. The number of anilines is 1. The summed E-state index contributed by atoms with van der Waals surface area (Å²) in [7, 11) is 0. The lowest BCUT2D eigenvalue weighted by molar-refractivity contribution is -0.132. The summed E-state index contributed by atoms with van der Waals surface area (Å²) in [5.74, 6) is 1.76. The molecule has 9 heteroatoms. The van der Waals surface area contributed by atoms with Crippen LogP contribution in [0.5, 0.6) is 0 Å². The summed E-state index contributed by atoms with van der Waals surface area (Å²) in [6.45, 7) is 4.29. The van der Waals surface area contributed by atoms with E-state index in [1.54, 1.807) is 23.1 Å². The summed E-state index contributed by atoms with van der Waals surface area (Å²) in [5.41, 5.74) is 1.12. The second kappa shape index (κ2) is 7.75. The highest BCUT2D eigenvalue weighted by molar-refractivity contribution is 5.79. The number of piperazine rings is 1. The number of hydrogen-bond donors (Lipinski definition) is 0. The van der Waals surface area contributed by atoms with Gasteiger partial charge in [-0.15, -0.1) is 0 Å². The minimum atomic E-state index is -0.512. The minimum absolute atomic E-state index is 0.0275. The summed E-state index contributed by atoms with van der Waals surface area (Å²) >= 11 is 0. The summed E-state index contributed by atoms with van der Waals surface area (Å²) in [5, 5.41) is 0. The van der Waals surface area contributed by atoms with Crippen LogP contribution in [0.2, 0.25) is 0 Å². The number of nitrogens with zero attached hydrogens (tertiary/aromatic N) is 6. The van der Waals surface area contributed by atoms with Gasteiger partial charge in [-0.25, -0.2) is 14.8 Å². The number of carbonyl (C=O) groups is 1. The topological polar surface area (TPSA) is 89.4 Å². The van der Waals surface area contributed by atoms with Gasteiger partial charge >= 0.3 is 5.76 Å². The van der Waals surface area contributed by atoms with Crippen molar-refractivity contribution in [1.82, 2.24) is 24.0 Å². The lowest BCUT2D eigenvalue weighted by Crippen LogP contribution is -2.50. The van der Waals surface area contributed by atoms with Crippen molar-refractivity contribution >= 4 is 22.8 Å². The van der Waals surface area contributed by atoms with Crippen LogP contribution in [0.15, 0.2) is 64.1 Å². The van der Waals surface area contributed by atoms with Crippen molar-refractivity contribution in [2.24, 2.45) is 0 Å². The molecule has 0 saturated carbocycles. The minimum Gasteiger partial charge on any atom is -0.408 e. The zero-order chi connectivity index (χ0) is 21.4. The van der Waals surface area contributed by atoms with E-state index in [9.17, 15) is 9.59 Å². The van der Waals surface area contributed by atoms with Crippen LogP contribution < -0.4 is 10.7 Å². The molecule has 0 N–H and O–H groups in total. The fourth-order valence-electron chi connectivity index (χ4n) is 3.90. The van der Waals surface area contributed by atoms with E-state index in [2.05, 4.69) is 14.9 Å². The number of hydrogen-bond acceptors (Lipinski definition) is 6. The highest BCUT2D eigenvalue weighted by atomic mass is 16.4. The summed E-state index contributed by atoms with van der Waals surface area (Å²) in [4.78, 5) is 38.0. The molecule has 1 aliphatic heterocycles. The lowest BCUT2D eigenvalue weighted by atomic mass is 10.3. The van der Waals surface area contributed by atoms with Gasteiger partial charge in [0, 0.05) is 44.6 Å². The molecule has 31 heavy (non-hydrogen) atoms. The number of carbonyl (C=O) groups excluding carboxylic acids is 1. The van der Waals surface area contributed by atoms with Gasteiger partial charge in [-0.05, 0) is 31.2 Å². The van der Waals surface area contributed by atoms with Crippen molar-refractivity contribution < 1.29 is 9.21 Å². The molecular formula is C22H22N6O3. The molecule has 4 aromatic rings. The Bertz CT molecular complexity index is 1280. The second-order valence-corrected chi connectivity index (χ2v) is 7.51. The van der Waals surface area contributed by atoms with Gasteiger partial charge in [0.1, 0.15) is 24.0 Å². The zero-order valence-electron chi connectivity index (χ0n) is 17.1. The number of aromatic nitrogens is 4. The van der Waals surface area contributed by atoms with Crippen LogP contribution in [0, 0.1) is 6.92 Å². The van der Waals surface area contributed by atoms with Crippen molar-refractivity contribution in [3.8, 4) is 5.82 Å². The molecule has 1 aliphatic rings. The van der Waals surface area contributed by atoms with Crippen LogP contribution >= 0.6 is 0 Å². The molecule has 158 valence electrons. The Morgan fingerprint density at radius 2 is 1.71 bits per heavy atom. The van der Waals surface area contributed by atoms with E-state index in [0.29, 0.717) is 43.1 Å². The SMILES string of the molecule is Cc1nc(N2CCN(C(=O)Cn3c(=O)oc4ccccc43)CC2)cc(-n2cccc2)n1. The first-order valence-electron chi connectivity index (χ1n) is 10.2. The molecule has 5 rings (SSSR count). The molecule has 3 aromatic heterocycles. The third-order valence-electron chi connectivity index (χ3n) is 5.50. The molecule has 0 bridgehead atoms. The number of amides is 1. The van der Waals surface area contributed by atoms with E-state index in [1.807, 2.05) is 48.1 Å². The highest BCUT2D eigenvalue weighted by Crippen LogP contribution is 2.18. The Morgan fingerprint density at radius 1 is 1.00 bits per heavy atom. The molecule has 1 aromatic carbocycles. The fourth-order valence-corrected chi connectivity index (χ4v) is 3.90. The maximum atomic E-state index is 12.8. The quantitative estimate of drug-likeness (QED) is 0.502. The Kier molecular flexibility index (Phi) is 4.78. The monoisotopic (exact) mass is 418 g/mol. The number of oxazole rings is 1. The molecule has 9 nitrogen and oxygen atoms in total. The maximum Gasteiger partial charge on any atom is 0.420 e. The van der Waals surface area contributed by atoms with Gasteiger partial charge in [-0.2, -0.15) is 0 Å². The highest BCUT2D eigenvalue weighted by Gasteiger charge is 2.24. The summed E-state index contributed by atoms with van der Waals surface area (Å²) in [6.07, 6.45) is 3.90. The fraction of sp³-hybridized carbons (Fsp3) is 0.273. The van der Waals surface area contributed by atoms with Crippen molar-refractivity contribution in [2.45, 2.75) is 13.5 Å². The number of para-hydroxylation sites is 2. The van der Waals surface area contributed by atoms with Crippen molar-refractivity contribution in [1.29, 1.82) is 0 Å². The molecule has 0 unspecified atom stereocenters. The van der Waals surface area contributed by atoms with E-state index >= 15 is 0 Å². The first-order chi connectivity index (χ1) is 15.1. The van der Waals surface area contributed by atoms with Gasteiger partial charge in [0.05, 0.1) is 5.52 Å². The number of aryl methyl sites for hydroxylation is 1. The molecule has 4 heterocycles. The second-order valence-electron chi connectivity index (χ2n) is 7.51. The van der Waals surface area contributed by atoms with Gasteiger partial charge in [-0.3, -0.25) is 9.36 Å². The first kappa shape index (κ1) is 19.1. The molecule has 1 fully saturated rings. The van der Waals surface area contributed by atoms with E-state index in [1.165, 1.54) is 4.57 Å². The van der Waals surface area contributed by atoms with Crippen LogP contribution in [0.25, 0.3) is 16.9 Å². The largest absolute Gasteiger partial charge is 0.420 e. The molecular weight excluding hydrogens is 396 g/mol. The van der Waals surface area contributed by atoms with Gasteiger partial charge in [0.2, 0.25) is 5.91 Å². The van der Waals surface area contributed by atoms with Gasteiger partial charge < -0.3 is 18.8 Å². The van der Waals surface area contributed by atoms with Gasteiger partial charge in [0.25, 0.3) is 0 Å². The third kappa shape index (κ3) is 3.70. The Labute approximate surface area is 178 Å². The molecule has 0 aliphatic carbocycles. The van der Waals surface area contributed by atoms with Crippen molar-refractivity contribution in [3.63, 3.8) is 0 Å². The molecule has 1 saturated heterocycles. The molecule has 0 spiro atoms. The average molecular weight is 418 g/mol. The van der Waals surface area contributed by atoms with E-state index in [0.717, 1.165) is 11.6 Å². The van der Waals surface area contributed by atoms with Crippen LogP contribution in [-0.2, 0) is 11.3 Å². The predicted molar refractivity (Wildman–Crippen MR) is 115 cm³/mol. The number of fused-ring (bicyclic) bond motifs is 1. The smallest absolute Gasteiger partial charge is 0.408 e. The molecule has 0 radical (unpaired) electrons. The molecule has 1 amide bonds. The Morgan fingerprint density at radius 3 is 2.48 bits per heavy atom. The average Bonchev–Trinajstić information content (AvgIpc) is 3.42. The van der Waals surface area contributed by atoms with E-state index in [4.69, 9.17) is 4.42 Å². The van der Waals surface area contributed by atoms with Crippen molar-refractivity contribution in [3.05, 3.63) is 71.2 Å². The van der Waals surface area contributed by atoms with Crippen LogP contribution in [-0.4, -0.2) is 56.1 Å². The summed E-state index contributed by atoms with van der Waals surface area (Å²) < 4.78 is 8.57. The lowest BCUT2D eigenvalue weighted by Gasteiger charge is -2.35. The van der Waals surface area contributed by atoms with Crippen LogP contribution in [0.3, 0.4) is 0 Å². The third-order valence-corrected chi connectivity index (χ3v) is 5.50. The summed E-state index contributed by atoms with van der Waals surface area (Å²) in [6, 6.07) is 13.0. The predicted octanol–water partition coefficient (Wildman–Crippen LogP) is 1.83. The Hall–Kier alpha value is -3.88. The Balaban J connectivity index is 1.28. The van der Waals surface area contributed by atoms with Crippen LogP contribution in [0.4, 0.5) is 5.82 Å². The van der Waals surface area contributed by atoms with Crippen molar-refractivity contribution in [2.75, 3.05) is 31.1 Å². The number of rotatable bonds is 4.